The molecule has 0 N–H and O–H groups in total. The lowest BCUT2D eigenvalue weighted by Gasteiger charge is -2.21. The molecule has 0 saturated carbocycles. The summed E-state index contributed by atoms with van der Waals surface area (Å²) in [4.78, 5) is 23.7. The summed E-state index contributed by atoms with van der Waals surface area (Å²) < 4.78 is 42.3. The number of hydrogen-bond donors (Lipinski definition) is 0. The maximum absolute atomic E-state index is 12.6. The van der Waals surface area contributed by atoms with Gasteiger partial charge in [0.2, 0.25) is 5.91 Å². The average molecular weight is 384 g/mol. The Morgan fingerprint density at radius 2 is 1.83 bits per heavy atom. The molecule has 0 radical (unpaired) electrons. The molecule has 0 bridgehead atoms. The van der Waals surface area contributed by atoms with Crippen LogP contribution in [0.25, 0.3) is 6.08 Å². The molecule has 0 aromatic heterocycles. The third-order valence-corrected chi connectivity index (χ3v) is 3.36. The molecule has 0 spiro atoms. The summed E-state index contributed by atoms with van der Waals surface area (Å²) in [6.07, 6.45) is -2.59. The second-order valence-corrected chi connectivity index (χ2v) is 5.40. The van der Waals surface area contributed by atoms with Gasteiger partial charge in [0.25, 0.3) is 0 Å². The first-order chi connectivity index (χ1) is 11.1. The lowest BCUT2D eigenvalue weighted by molar-refractivity contribution is -0.164. The quantitative estimate of drug-likeness (QED) is 0.551. The predicted molar refractivity (Wildman–Crippen MR) is 84.8 cm³/mol. The van der Waals surface area contributed by atoms with Crippen LogP contribution in [0.1, 0.15) is 12.5 Å². The minimum Gasteiger partial charge on any atom is -0.465 e. The molecular weight excluding hydrogens is 370 g/mol. The van der Waals surface area contributed by atoms with Crippen molar-refractivity contribution in [2.24, 2.45) is 0 Å². The number of carbonyl (C=O) groups is 2. The molecule has 0 aliphatic heterocycles. The fourth-order valence-corrected chi connectivity index (χ4v) is 2.24. The van der Waals surface area contributed by atoms with E-state index >= 15 is 0 Å². The number of carbonyl (C=O) groups excluding carboxylic acids is 2. The number of alkyl halides is 3. The van der Waals surface area contributed by atoms with Crippen molar-refractivity contribution in [3.05, 3.63) is 39.9 Å². The van der Waals surface area contributed by atoms with Crippen molar-refractivity contribution in [2.75, 3.05) is 19.7 Å². The van der Waals surface area contributed by atoms with Crippen LogP contribution in [0.4, 0.5) is 13.2 Å². The first-order valence-electron chi connectivity index (χ1n) is 6.77. The monoisotopic (exact) mass is 383 g/mol. The van der Waals surface area contributed by atoms with E-state index in [1.165, 1.54) is 25.1 Å². The highest BCUT2D eigenvalue weighted by Gasteiger charge is 2.33. The molecule has 9 heteroatoms. The highest BCUT2D eigenvalue weighted by Crippen LogP contribution is 2.25. The summed E-state index contributed by atoms with van der Waals surface area (Å²) in [5.74, 6) is -1.95. The SMILES string of the molecule is CCOC(=O)CN(CC(F)(F)F)C(=O)/C=C/c1c(Cl)cccc1Cl. The van der Waals surface area contributed by atoms with Gasteiger partial charge < -0.3 is 9.64 Å². The first kappa shape index (κ1) is 20.3. The van der Waals surface area contributed by atoms with Crippen LogP contribution in [-0.2, 0) is 14.3 Å². The molecule has 0 unspecified atom stereocenters. The van der Waals surface area contributed by atoms with Gasteiger partial charge in [0.1, 0.15) is 13.1 Å². The standard InChI is InChI=1S/C15H14Cl2F3NO3/c1-2-24-14(23)8-21(9-15(18,19)20)13(22)7-6-10-11(16)4-3-5-12(10)17/h3-7H,2,8-9H2,1H3/b7-6+. The summed E-state index contributed by atoms with van der Waals surface area (Å²) in [5, 5.41) is 0.471. The molecule has 132 valence electrons. The number of halogens is 5. The van der Waals surface area contributed by atoms with Gasteiger partial charge in [-0.3, -0.25) is 9.59 Å². The minimum atomic E-state index is -4.65. The van der Waals surface area contributed by atoms with E-state index in [1.807, 2.05) is 0 Å². The number of benzene rings is 1. The summed E-state index contributed by atoms with van der Waals surface area (Å²) in [6.45, 7) is -0.886. The van der Waals surface area contributed by atoms with Crippen molar-refractivity contribution in [1.82, 2.24) is 4.90 Å². The largest absolute Gasteiger partial charge is 0.465 e. The Morgan fingerprint density at radius 3 is 2.33 bits per heavy atom. The fraction of sp³-hybridized carbons (Fsp3) is 0.333. The van der Waals surface area contributed by atoms with E-state index in [-0.39, 0.29) is 22.2 Å². The Bertz CT molecular complexity index is 613. The maximum Gasteiger partial charge on any atom is 0.406 e. The molecule has 0 aliphatic carbocycles. The highest BCUT2D eigenvalue weighted by molar-refractivity contribution is 6.37. The van der Waals surface area contributed by atoms with Gasteiger partial charge in [-0.25, -0.2) is 0 Å². The lowest BCUT2D eigenvalue weighted by Crippen LogP contribution is -2.41. The molecule has 24 heavy (non-hydrogen) atoms. The van der Waals surface area contributed by atoms with Crippen LogP contribution in [0.3, 0.4) is 0 Å². The highest BCUT2D eigenvalue weighted by atomic mass is 35.5. The van der Waals surface area contributed by atoms with Gasteiger partial charge in [0, 0.05) is 21.7 Å². The molecule has 0 heterocycles. The second kappa shape index (κ2) is 8.94. The molecule has 4 nitrogen and oxygen atoms in total. The van der Waals surface area contributed by atoms with Crippen LogP contribution in [0.15, 0.2) is 24.3 Å². The van der Waals surface area contributed by atoms with E-state index in [4.69, 9.17) is 23.2 Å². The van der Waals surface area contributed by atoms with Gasteiger partial charge in [-0.1, -0.05) is 29.3 Å². The first-order valence-corrected chi connectivity index (χ1v) is 7.53. The van der Waals surface area contributed by atoms with Gasteiger partial charge in [-0.15, -0.1) is 0 Å². The Hall–Kier alpha value is -1.73. The van der Waals surface area contributed by atoms with Crippen molar-refractivity contribution in [2.45, 2.75) is 13.1 Å². The summed E-state index contributed by atoms with van der Waals surface area (Å²) in [7, 11) is 0. The maximum atomic E-state index is 12.6. The molecule has 1 rings (SSSR count). The van der Waals surface area contributed by atoms with Crippen LogP contribution < -0.4 is 0 Å². The van der Waals surface area contributed by atoms with Gasteiger partial charge in [-0.2, -0.15) is 13.2 Å². The van der Waals surface area contributed by atoms with Crippen LogP contribution in [0, 0.1) is 0 Å². The van der Waals surface area contributed by atoms with Gasteiger partial charge in [0.05, 0.1) is 6.61 Å². The molecule has 0 saturated heterocycles. The second-order valence-electron chi connectivity index (χ2n) is 4.58. The topological polar surface area (TPSA) is 46.6 Å². The summed E-state index contributed by atoms with van der Waals surface area (Å²) in [6, 6.07) is 4.62. The normalized spacial score (nSPS) is 11.6. The van der Waals surface area contributed by atoms with Crippen molar-refractivity contribution in [1.29, 1.82) is 0 Å². The predicted octanol–water partition coefficient (Wildman–Crippen LogP) is 3.96. The number of esters is 1. The Kier molecular flexibility index (Phi) is 7.57. The average Bonchev–Trinajstić information content (AvgIpc) is 2.44. The third-order valence-electron chi connectivity index (χ3n) is 2.70. The number of nitrogens with zero attached hydrogens (tertiary/aromatic N) is 1. The zero-order valence-electron chi connectivity index (χ0n) is 12.6. The Labute approximate surface area is 146 Å². The van der Waals surface area contributed by atoms with Crippen molar-refractivity contribution in [3.63, 3.8) is 0 Å². The van der Waals surface area contributed by atoms with Crippen LogP contribution in [0.2, 0.25) is 10.0 Å². The Balaban J connectivity index is 2.94. The van der Waals surface area contributed by atoms with Crippen molar-refractivity contribution in [3.8, 4) is 0 Å². The molecule has 1 amide bonds. The van der Waals surface area contributed by atoms with E-state index in [1.54, 1.807) is 6.07 Å². The van der Waals surface area contributed by atoms with E-state index < -0.39 is 31.1 Å². The fourth-order valence-electron chi connectivity index (χ4n) is 1.72. The van der Waals surface area contributed by atoms with Gasteiger partial charge in [-0.05, 0) is 25.1 Å². The zero-order valence-corrected chi connectivity index (χ0v) is 14.1. The third kappa shape index (κ3) is 6.80. The number of rotatable bonds is 6. The van der Waals surface area contributed by atoms with E-state index in [0.29, 0.717) is 4.90 Å². The van der Waals surface area contributed by atoms with Crippen molar-refractivity contribution >= 4 is 41.2 Å². The van der Waals surface area contributed by atoms with Crippen molar-refractivity contribution < 1.29 is 27.5 Å². The molecule has 0 atom stereocenters. The van der Waals surface area contributed by atoms with Gasteiger partial charge in [0.15, 0.2) is 0 Å². The van der Waals surface area contributed by atoms with E-state index in [2.05, 4.69) is 4.74 Å². The molecule has 1 aromatic rings. The summed E-state index contributed by atoms with van der Waals surface area (Å²) >= 11 is 11.8. The van der Waals surface area contributed by atoms with E-state index in [9.17, 15) is 22.8 Å². The number of amides is 1. The number of ether oxygens (including phenoxy) is 1. The summed E-state index contributed by atoms with van der Waals surface area (Å²) in [5.41, 5.74) is 0.289. The van der Waals surface area contributed by atoms with Crippen LogP contribution in [0.5, 0.6) is 0 Å². The Morgan fingerprint density at radius 1 is 1.25 bits per heavy atom. The molecular formula is C15H14Cl2F3NO3. The number of hydrogen-bond acceptors (Lipinski definition) is 3. The van der Waals surface area contributed by atoms with Crippen LogP contribution >= 0.6 is 23.2 Å². The lowest BCUT2D eigenvalue weighted by atomic mass is 10.2. The molecule has 0 aliphatic rings. The van der Waals surface area contributed by atoms with E-state index in [0.717, 1.165) is 6.08 Å². The molecule has 1 aromatic carbocycles. The molecule has 0 fully saturated rings. The smallest absolute Gasteiger partial charge is 0.406 e. The zero-order chi connectivity index (χ0) is 18.3. The van der Waals surface area contributed by atoms with Crippen LogP contribution in [-0.4, -0.2) is 42.6 Å². The minimum absolute atomic E-state index is 0.00203. The van der Waals surface area contributed by atoms with Gasteiger partial charge >= 0.3 is 12.1 Å².